The van der Waals surface area contributed by atoms with Crippen molar-refractivity contribution < 1.29 is 55.5 Å². The van der Waals surface area contributed by atoms with Gasteiger partial charge in [0, 0.05) is 85.2 Å². The zero-order chi connectivity index (χ0) is 78.2. The Morgan fingerprint density at radius 1 is 0.367 bits per heavy atom. The van der Waals surface area contributed by atoms with Gasteiger partial charge in [-0.05, 0) is 39.0 Å². The largest absolute Gasteiger partial charge is 0.585 e. The van der Waals surface area contributed by atoms with Gasteiger partial charge in [0.1, 0.15) is 46.1 Å². The Balaban J connectivity index is 0.000000572. The summed E-state index contributed by atoms with van der Waals surface area (Å²) in [6.45, 7) is 99.7. The minimum Gasteiger partial charge on any atom is -0.497 e. The quantitative estimate of drug-likeness (QED) is 0.270. The predicted molar refractivity (Wildman–Crippen MR) is 403 cm³/mol. The second kappa shape index (κ2) is 30.3. The first-order valence-corrected chi connectivity index (χ1v) is 35.9. The monoisotopic (exact) mass is 1390 g/mol. The summed E-state index contributed by atoms with van der Waals surface area (Å²) in [7, 11) is 0. The highest BCUT2D eigenvalue weighted by Gasteiger charge is 2.51. The Morgan fingerprint density at radius 3 is 0.969 bits per heavy atom. The Hall–Kier alpha value is -4.75. The number of rotatable bonds is 0. The molecule has 0 bridgehead atoms. The molecule has 570 valence electrons. The van der Waals surface area contributed by atoms with Crippen LogP contribution in [0.5, 0.6) is 0 Å². The molecular formula is C84H149F2NO11. The molecule has 0 amide bonds. The van der Waals surface area contributed by atoms with E-state index in [-0.39, 0.29) is 87.7 Å². The molecule has 0 unspecified atom stereocenters. The highest BCUT2D eigenvalue weighted by Crippen LogP contribution is 2.53. The van der Waals surface area contributed by atoms with Crippen molar-refractivity contribution in [1.82, 2.24) is 4.98 Å². The fourth-order valence-electron chi connectivity index (χ4n) is 11.7. The van der Waals surface area contributed by atoms with E-state index < -0.39 is 22.9 Å². The van der Waals surface area contributed by atoms with Crippen LogP contribution in [0.3, 0.4) is 0 Å². The van der Waals surface area contributed by atoms with E-state index in [1.54, 1.807) is 6.26 Å². The minimum absolute atomic E-state index is 0.00359. The summed E-state index contributed by atoms with van der Waals surface area (Å²) in [5.41, 5.74) is 5.30. The number of oxazole rings is 1. The number of H-pyrrole nitrogens is 1. The lowest BCUT2D eigenvalue weighted by molar-refractivity contribution is -0.342. The number of nitrogens with one attached hydrogen (secondary N) is 1. The van der Waals surface area contributed by atoms with Gasteiger partial charge in [0.05, 0.1) is 25.2 Å². The fourth-order valence-corrected chi connectivity index (χ4v) is 11.7. The van der Waals surface area contributed by atoms with Gasteiger partial charge < -0.3 is 46.7 Å². The second-order valence-corrected chi connectivity index (χ2v) is 42.8. The summed E-state index contributed by atoms with van der Waals surface area (Å²) in [5, 5.41) is 0. The Kier molecular flexibility index (Phi) is 28.2. The van der Waals surface area contributed by atoms with Gasteiger partial charge in [0.15, 0.2) is 11.5 Å². The summed E-state index contributed by atoms with van der Waals surface area (Å²) in [5.74, 6) is 7.86. The van der Waals surface area contributed by atoms with Gasteiger partial charge in [-0.1, -0.05) is 305 Å². The second-order valence-electron chi connectivity index (χ2n) is 42.8. The van der Waals surface area contributed by atoms with Crippen LogP contribution in [0, 0.1) is 59.6 Å². The van der Waals surface area contributed by atoms with Crippen LogP contribution in [0.2, 0.25) is 0 Å². The van der Waals surface area contributed by atoms with E-state index in [1.807, 2.05) is 76.2 Å². The molecule has 7 rings (SSSR count). The molecule has 0 saturated carbocycles. The molecule has 1 N–H and O–H groups in total. The molecule has 2 aromatic rings. The lowest BCUT2D eigenvalue weighted by Gasteiger charge is -2.33. The molecule has 7 heterocycles. The molecule has 0 spiro atoms. The number of ether oxygens (including phenoxy) is 8. The van der Waals surface area contributed by atoms with Crippen LogP contribution in [-0.2, 0) is 59.6 Å². The van der Waals surface area contributed by atoms with Crippen molar-refractivity contribution in [3.63, 3.8) is 0 Å². The highest BCUT2D eigenvalue weighted by molar-refractivity contribution is 5.32. The molecule has 12 nitrogen and oxygen atoms in total. The molecule has 0 aromatic carbocycles. The van der Waals surface area contributed by atoms with Crippen LogP contribution in [-0.4, -0.2) is 37.1 Å². The summed E-state index contributed by atoms with van der Waals surface area (Å²) in [6.07, 6.45) is -0.623. The third-order valence-electron chi connectivity index (χ3n) is 15.9. The molecule has 0 aliphatic carbocycles. The van der Waals surface area contributed by atoms with Gasteiger partial charge in [0.2, 0.25) is 12.6 Å². The van der Waals surface area contributed by atoms with Crippen LogP contribution < -0.4 is 5.76 Å². The molecule has 14 heteroatoms. The van der Waals surface area contributed by atoms with Crippen molar-refractivity contribution in [3.05, 3.63) is 103 Å². The van der Waals surface area contributed by atoms with E-state index in [0.717, 1.165) is 59.9 Å². The van der Waals surface area contributed by atoms with Crippen molar-refractivity contribution >= 4 is 0 Å². The standard InChI is InChI=1S/C14H26O.C13H24O2.C12H22O.C12H20O.C11H18F2O2.C11H19NO2.C11H20O2/c1-12(2,3)10-11(13(4,5)6)15-9-14(10,7)8;1-11(2,3)9-10(12(4,5)6)15-13(7,8)14-9;2*1-11(2,3)9-7-8-13-10(9)12(4,5)6;1-9(2,3)7-8(10(4,5)6)15-11(12,13)14-7;1-10(2,3)7-8(11(4,5)6)14-9(13)12-7;1-10(2,3)8-9(11(4,5)6)13-7-12-8/h9H2,1-8H3;1-8H3;7-8H2,1-6H3;7-8H,1-6H3;1-6H3;1-6H3,(H,12,13);7H2,1-6H3. The molecule has 5 aliphatic heterocycles. The topological polar surface area (TPSA) is 133 Å². The fraction of sp³-hybridized carbons (Fsp3) is 0.798. The van der Waals surface area contributed by atoms with Crippen LogP contribution in [0.15, 0.2) is 83.2 Å². The van der Waals surface area contributed by atoms with E-state index in [1.165, 1.54) is 28.2 Å². The number of allylic oxidation sites excluding steroid dienone is 8. The average molecular weight is 1390 g/mol. The third-order valence-corrected chi connectivity index (χ3v) is 15.9. The Labute approximate surface area is 598 Å². The van der Waals surface area contributed by atoms with Gasteiger partial charge >= 0.3 is 12.1 Å². The van der Waals surface area contributed by atoms with Gasteiger partial charge in [0.25, 0.3) is 0 Å². The maximum absolute atomic E-state index is 13.0. The van der Waals surface area contributed by atoms with E-state index in [0.29, 0.717) is 6.79 Å². The Bertz CT molecular complexity index is 2890. The molecule has 5 aliphatic rings. The van der Waals surface area contributed by atoms with Crippen molar-refractivity contribution in [3.8, 4) is 0 Å². The van der Waals surface area contributed by atoms with Gasteiger partial charge in [-0.15, -0.1) is 8.78 Å². The molecule has 2 aromatic heterocycles. The number of hydrogen-bond donors (Lipinski definition) is 1. The first-order chi connectivity index (χ1) is 42.6. The van der Waals surface area contributed by atoms with E-state index in [9.17, 15) is 13.6 Å². The van der Waals surface area contributed by atoms with Gasteiger partial charge in [-0.3, -0.25) is 4.98 Å². The first-order valence-electron chi connectivity index (χ1n) is 35.9. The zero-order valence-electron chi connectivity index (χ0n) is 71.7. The number of furan rings is 1. The van der Waals surface area contributed by atoms with Crippen LogP contribution in [0.4, 0.5) is 8.78 Å². The Morgan fingerprint density at radius 2 is 0.714 bits per heavy atom. The van der Waals surface area contributed by atoms with Crippen molar-refractivity contribution in [2.75, 3.05) is 20.0 Å². The average Bonchev–Trinajstić information content (AvgIpc) is 1.62. The van der Waals surface area contributed by atoms with E-state index >= 15 is 0 Å². The lowest BCUT2D eigenvalue weighted by Crippen LogP contribution is -2.26. The maximum atomic E-state index is 13.0. The molecule has 0 saturated heterocycles. The van der Waals surface area contributed by atoms with Crippen molar-refractivity contribution in [2.45, 2.75) is 359 Å². The summed E-state index contributed by atoms with van der Waals surface area (Å²) < 4.78 is 80.5. The van der Waals surface area contributed by atoms with Crippen molar-refractivity contribution in [2.24, 2.45) is 59.6 Å². The highest BCUT2D eigenvalue weighted by atomic mass is 19.3. The van der Waals surface area contributed by atoms with Crippen LogP contribution >= 0.6 is 0 Å². The molecule has 98 heavy (non-hydrogen) atoms. The van der Waals surface area contributed by atoms with Gasteiger partial charge in [-0.25, -0.2) is 4.79 Å². The van der Waals surface area contributed by atoms with Crippen LogP contribution in [0.25, 0.3) is 0 Å². The molecule has 0 radical (unpaired) electrons. The first kappa shape index (κ1) is 91.3. The summed E-state index contributed by atoms with van der Waals surface area (Å²) in [4.78, 5) is 14.0. The number of halogens is 2. The normalized spacial score (nSPS) is 18.6. The lowest BCUT2D eigenvalue weighted by atomic mass is 9.69. The van der Waals surface area contributed by atoms with Crippen LogP contribution in [0.1, 0.15) is 348 Å². The predicted octanol–water partition coefficient (Wildman–Crippen LogP) is 25.8. The number of aromatic nitrogens is 1. The summed E-state index contributed by atoms with van der Waals surface area (Å²) >= 11 is 0. The molecular weight excluding hydrogens is 1240 g/mol. The third kappa shape index (κ3) is 27.2. The number of alkyl halides is 2. The van der Waals surface area contributed by atoms with Gasteiger partial charge in [-0.2, -0.15) is 0 Å². The number of hydrogen-bond acceptors (Lipinski definition) is 11. The molecule has 0 atom stereocenters. The minimum atomic E-state index is -3.52. The SMILES string of the molecule is CC(C)(C)C1=C(C(C)(C)C)C(C)(C)CO1.CC(C)(C)C1=C(C(C)(C)C)OC(F)(F)O1.CC(C)(C)C1=C(C(C)(C)C)OCC1.CC(C)(C)C1=C(C(C)(C)C)OCO1.CC(C)(C)c1[nH]c(=O)oc1C(C)(C)C.CC(C)(C)c1ccoc1C(C)(C)C.CC1(C)OC(C(C)(C)C)=C(C(C)(C)C)O1. The smallest absolute Gasteiger partial charge is 0.497 e. The van der Waals surface area contributed by atoms with Crippen molar-refractivity contribution in [1.29, 1.82) is 0 Å². The van der Waals surface area contributed by atoms with E-state index in [2.05, 4.69) is 263 Å². The summed E-state index contributed by atoms with van der Waals surface area (Å²) in [6, 6.07) is 2.08. The number of aromatic amines is 1. The maximum Gasteiger partial charge on any atom is 0.585 e. The zero-order valence-corrected chi connectivity index (χ0v) is 71.7. The van der Waals surface area contributed by atoms with E-state index in [4.69, 9.17) is 37.3 Å². The molecule has 0 fully saturated rings.